The van der Waals surface area contributed by atoms with Gasteiger partial charge in [-0.2, -0.15) is 0 Å². The zero-order valence-corrected chi connectivity index (χ0v) is 11.7. The summed E-state index contributed by atoms with van der Waals surface area (Å²) in [6.45, 7) is 4.91. The number of nitrogens with zero attached hydrogens (tertiary/aromatic N) is 3. The first kappa shape index (κ1) is 13.1. The third-order valence-corrected chi connectivity index (χ3v) is 3.55. The van der Waals surface area contributed by atoms with E-state index in [0.717, 1.165) is 16.6 Å². The summed E-state index contributed by atoms with van der Waals surface area (Å²) in [4.78, 5) is 0. The molecule has 0 amide bonds. The largest absolute Gasteiger partial charge is 0.384 e. The van der Waals surface area contributed by atoms with Crippen molar-refractivity contribution in [3.05, 3.63) is 35.7 Å². The molecule has 1 aromatic heterocycles. The summed E-state index contributed by atoms with van der Waals surface area (Å²) in [5, 5.41) is 9.04. The van der Waals surface area contributed by atoms with Gasteiger partial charge in [0, 0.05) is 12.9 Å². The summed E-state index contributed by atoms with van der Waals surface area (Å²) in [7, 11) is 1.70. The van der Waals surface area contributed by atoms with Gasteiger partial charge >= 0.3 is 0 Å². The van der Waals surface area contributed by atoms with E-state index in [9.17, 15) is 0 Å². The van der Waals surface area contributed by atoms with Crippen LogP contribution in [-0.4, -0.2) is 34.2 Å². The molecule has 0 bridgehead atoms. The van der Waals surface area contributed by atoms with Crippen LogP contribution in [-0.2, 0) is 4.74 Å². The van der Waals surface area contributed by atoms with Gasteiger partial charge in [-0.05, 0) is 25.5 Å². The molecule has 2 rings (SSSR count). The highest BCUT2D eigenvalue weighted by Gasteiger charge is 2.08. The molecule has 96 valence electrons. The minimum absolute atomic E-state index is 0.713. The molecule has 1 aromatic carbocycles. The normalized spacial score (nSPS) is 10.8. The van der Waals surface area contributed by atoms with Crippen molar-refractivity contribution in [1.82, 2.24) is 14.8 Å². The second-order valence-electron chi connectivity index (χ2n) is 4.11. The number of aryl methyl sites for hydroxylation is 2. The second kappa shape index (κ2) is 6.02. The fourth-order valence-corrected chi connectivity index (χ4v) is 2.60. The Morgan fingerprint density at radius 3 is 2.89 bits per heavy atom. The maximum Gasteiger partial charge on any atom is 0.195 e. The number of aromatic nitrogens is 3. The molecule has 1 heterocycles. The van der Waals surface area contributed by atoms with E-state index in [1.807, 2.05) is 4.57 Å². The van der Waals surface area contributed by atoms with Gasteiger partial charge < -0.3 is 4.74 Å². The monoisotopic (exact) mass is 263 g/mol. The van der Waals surface area contributed by atoms with Crippen molar-refractivity contribution < 1.29 is 4.74 Å². The Morgan fingerprint density at radius 2 is 2.17 bits per heavy atom. The van der Waals surface area contributed by atoms with Crippen molar-refractivity contribution in [3.8, 4) is 5.69 Å². The van der Waals surface area contributed by atoms with Gasteiger partial charge in [-0.25, -0.2) is 0 Å². The van der Waals surface area contributed by atoms with E-state index in [-0.39, 0.29) is 0 Å². The first-order valence-electron chi connectivity index (χ1n) is 5.81. The average Bonchev–Trinajstić information content (AvgIpc) is 2.78. The first-order chi connectivity index (χ1) is 8.72. The molecule has 0 radical (unpaired) electrons. The first-order valence-corrected chi connectivity index (χ1v) is 6.80. The van der Waals surface area contributed by atoms with Crippen molar-refractivity contribution in [2.75, 3.05) is 19.5 Å². The van der Waals surface area contributed by atoms with E-state index >= 15 is 0 Å². The van der Waals surface area contributed by atoms with Crippen LogP contribution >= 0.6 is 11.8 Å². The van der Waals surface area contributed by atoms with Crippen LogP contribution in [0.15, 0.2) is 29.7 Å². The van der Waals surface area contributed by atoms with Crippen LogP contribution in [0, 0.1) is 13.8 Å². The van der Waals surface area contributed by atoms with Gasteiger partial charge in [-0.3, -0.25) is 4.57 Å². The third kappa shape index (κ3) is 2.91. The lowest BCUT2D eigenvalue weighted by Gasteiger charge is -2.09. The summed E-state index contributed by atoms with van der Waals surface area (Å²) in [6, 6.07) is 6.37. The van der Waals surface area contributed by atoms with E-state index in [2.05, 4.69) is 42.2 Å². The van der Waals surface area contributed by atoms with E-state index < -0.39 is 0 Å². The number of rotatable bonds is 5. The SMILES string of the molecule is COCCSc1nncn1-c1ccc(C)cc1C. The third-order valence-electron chi connectivity index (χ3n) is 2.65. The van der Waals surface area contributed by atoms with E-state index in [0.29, 0.717) is 6.61 Å². The van der Waals surface area contributed by atoms with Gasteiger partial charge in [-0.15, -0.1) is 10.2 Å². The van der Waals surface area contributed by atoms with Gasteiger partial charge in [0.2, 0.25) is 0 Å². The number of thioether (sulfide) groups is 1. The number of methoxy groups -OCH3 is 1. The van der Waals surface area contributed by atoms with Crippen molar-refractivity contribution in [1.29, 1.82) is 0 Å². The molecule has 0 aliphatic rings. The lowest BCUT2D eigenvalue weighted by molar-refractivity contribution is 0.218. The fourth-order valence-electron chi connectivity index (χ4n) is 1.78. The molecule has 4 nitrogen and oxygen atoms in total. The van der Waals surface area contributed by atoms with Crippen LogP contribution in [0.4, 0.5) is 0 Å². The van der Waals surface area contributed by atoms with E-state index in [1.165, 1.54) is 11.1 Å². The zero-order valence-electron chi connectivity index (χ0n) is 10.9. The lowest BCUT2D eigenvalue weighted by Crippen LogP contribution is -2.00. The van der Waals surface area contributed by atoms with Crippen molar-refractivity contribution in [3.63, 3.8) is 0 Å². The second-order valence-corrected chi connectivity index (χ2v) is 5.18. The smallest absolute Gasteiger partial charge is 0.195 e. The molecule has 0 aliphatic heterocycles. The van der Waals surface area contributed by atoms with Gasteiger partial charge in [0.15, 0.2) is 5.16 Å². The highest BCUT2D eigenvalue weighted by atomic mass is 32.2. The summed E-state index contributed by atoms with van der Waals surface area (Å²) in [5.41, 5.74) is 3.62. The van der Waals surface area contributed by atoms with Gasteiger partial charge in [0.25, 0.3) is 0 Å². The number of ether oxygens (including phenoxy) is 1. The molecule has 0 aliphatic carbocycles. The molecule has 0 saturated heterocycles. The maximum absolute atomic E-state index is 5.05. The van der Waals surface area contributed by atoms with Crippen LogP contribution in [0.25, 0.3) is 5.69 Å². The molecule has 18 heavy (non-hydrogen) atoms. The average molecular weight is 263 g/mol. The van der Waals surface area contributed by atoms with Gasteiger partial charge in [0.1, 0.15) is 6.33 Å². The molecule has 0 unspecified atom stereocenters. The molecular weight excluding hydrogens is 246 g/mol. The lowest BCUT2D eigenvalue weighted by atomic mass is 10.1. The van der Waals surface area contributed by atoms with Crippen LogP contribution in [0.5, 0.6) is 0 Å². The molecule has 2 aromatic rings. The number of hydrogen-bond donors (Lipinski definition) is 0. The zero-order chi connectivity index (χ0) is 13.0. The molecule has 0 N–H and O–H groups in total. The highest BCUT2D eigenvalue weighted by molar-refractivity contribution is 7.99. The Hall–Kier alpha value is -1.33. The highest BCUT2D eigenvalue weighted by Crippen LogP contribution is 2.22. The minimum Gasteiger partial charge on any atom is -0.384 e. The molecule has 0 fully saturated rings. The Balaban J connectivity index is 2.25. The predicted octanol–water partition coefficient (Wildman–Crippen LogP) is 2.62. The summed E-state index contributed by atoms with van der Waals surface area (Å²) < 4.78 is 7.07. The minimum atomic E-state index is 0.713. The van der Waals surface area contributed by atoms with Crippen molar-refractivity contribution >= 4 is 11.8 Å². The Morgan fingerprint density at radius 1 is 1.33 bits per heavy atom. The van der Waals surface area contributed by atoms with E-state index in [4.69, 9.17) is 4.74 Å². The quantitative estimate of drug-likeness (QED) is 0.614. The Bertz CT molecular complexity index is 525. The maximum atomic E-state index is 5.05. The summed E-state index contributed by atoms with van der Waals surface area (Å²) in [5.74, 6) is 0.875. The van der Waals surface area contributed by atoms with Gasteiger partial charge in [-0.1, -0.05) is 29.5 Å². The van der Waals surface area contributed by atoms with Crippen molar-refractivity contribution in [2.45, 2.75) is 19.0 Å². The standard InChI is InChI=1S/C13H17N3OS/c1-10-4-5-12(11(2)8-10)16-9-14-15-13(16)18-7-6-17-3/h4-5,8-9H,6-7H2,1-3H3. The van der Waals surface area contributed by atoms with Crippen LogP contribution in [0.1, 0.15) is 11.1 Å². The summed E-state index contributed by atoms with van der Waals surface area (Å²) >= 11 is 1.65. The topological polar surface area (TPSA) is 39.9 Å². The Kier molecular flexibility index (Phi) is 4.38. The molecule has 5 heteroatoms. The molecule has 0 saturated carbocycles. The number of benzene rings is 1. The molecule has 0 spiro atoms. The molecule has 0 atom stereocenters. The summed E-state index contributed by atoms with van der Waals surface area (Å²) in [6.07, 6.45) is 1.76. The predicted molar refractivity (Wildman–Crippen MR) is 73.4 cm³/mol. The van der Waals surface area contributed by atoms with Crippen LogP contribution < -0.4 is 0 Å². The van der Waals surface area contributed by atoms with Gasteiger partial charge in [0.05, 0.1) is 12.3 Å². The van der Waals surface area contributed by atoms with Crippen molar-refractivity contribution in [2.24, 2.45) is 0 Å². The Labute approximate surface area is 111 Å². The van der Waals surface area contributed by atoms with Crippen LogP contribution in [0.2, 0.25) is 0 Å². The van der Waals surface area contributed by atoms with Crippen LogP contribution in [0.3, 0.4) is 0 Å². The molecular formula is C13H17N3OS. The number of hydrogen-bond acceptors (Lipinski definition) is 4. The van der Waals surface area contributed by atoms with E-state index in [1.54, 1.807) is 25.2 Å². The fraction of sp³-hybridized carbons (Fsp3) is 0.385.